The number of rotatable bonds is 5. The molecule has 2 aromatic rings. The van der Waals surface area contributed by atoms with Crippen molar-refractivity contribution in [3.63, 3.8) is 0 Å². The van der Waals surface area contributed by atoms with E-state index in [4.69, 9.17) is 0 Å². The second-order valence-corrected chi connectivity index (χ2v) is 5.24. The Morgan fingerprint density at radius 2 is 2.16 bits per heavy atom. The lowest BCUT2D eigenvalue weighted by Gasteiger charge is -2.12. The van der Waals surface area contributed by atoms with Crippen molar-refractivity contribution in [1.29, 1.82) is 0 Å². The molecule has 100 valence electrons. The van der Waals surface area contributed by atoms with Crippen molar-refractivity contribution in [3.8, 4) is 0 Å². The number of aromatic amines is 1. The number of amides is 1. The van der Waals surface area contributed by atoms with Gasteiger partial charge in [-0.3, -0.25) is 9.89 Å². The minimum Gasteiger partial charge on any atom is -0.325 e. The molecule has 0 aliphatic carbocycles. The molecular weight excluding hydrogens is 260 g/mol. The summed E-state index contributed by atoms with van der Waals surface area (Å²) < 4.78 is 0. The molecule has 0 spiro atoms. The number of carbonyl (C=O) groups excluding carboxylic acids is 1. The van der Waals surface area contributed by atoms with Gasteiger partial charge >= 0.3 is 0 Å². The van der Waals surface area contributed by atoms with Crippen molar-refractivity contribution in [2.75, 3.05) is 5.32 Å². The lowest BCUT2D eigenvalue weighted by molar-refractivity contribution is -0.115. The number of thioether (sulfide) groups is 1. The van der Waals surface area contributed by atoms with Gasteiger partial charge in [-0.1, -0.05) is 36.9 Å². The van der Waals surface area contributed by atoms with Gasteiger partial charge < -0.3 is 5.32 Å². The molecule has 6 heteroatoms. The largest absolute Gasteiger partial charge is 0.325 e. The van der Waals surface area contributed by atoms with Gasteiger partial charge in [0, 0.05) is 5.69 Å². The van der Waals surface area contributed by atoms with Crippen LogP contribution in [-0.2, 0) is 4.79 Å². The van der Waals surface area contributed by atoms with Crippen LogP contribution in [-0.4, -0.2) is 26.3 Å². The Bertz CT molecular complexity index is 541. The van der Waals surface area contributed by atoms with E-state index in [-0.39, 0.29) is 11.2 Å². The molecule has 0 saturated heterocycles. The molecule has 19 heavy (non-hydrogen) atoms. The zero-order chi connectivity index (χ0) is 13.7. The highest BCUT2D eigenvalue weighted by molar-refractivity contribution is 8.00. The summed E-state index contributed by atoms with van der Waals surface area (Å²) in [5, 5.41) is 10.1. The third-order valence-corrected chi connectivity index (χ3v) is 3.75. The van der Waals surface area contributed by atoms with Crippen molar-refractivity contribution in [1.82, 2.24) is 15.2 Å². The quantitative estimate of drug-likeness (QED) is 0.824. The van der Waals surface area contributed by atoms with E-state index in [9.17, 15) is 4.79 Å². The van der Waals surface area contributed by atoms with Crippen LogP contribution in [0.4, 0.5) is 5.69 Å². The third kappa shape index (κ3) is 3.82. The van der Waals surface area contributed by atoms with Crippen molar-refractivity contribution >= 4 is 23.4 Å². The molecule has 1 amide bonds. The maximum Gasteiger partial charge on any atom is 0.237 e. The topological polar surface area (TPSA) is 70.7 Å². The van der Waals surface area contributed by atoms with Crippen molar-refractivity contribution in [2.24, 2.45) is 0 Å². The zero-order valence-electron chi connectivity index (χ0n) is 10.9. The van der Waals surface area contributed by atoms with E-state index in [1.54, 1.807) is 0 Å². The van der Waals surface area contributed by atoms with E-state index in [2.05, 4.69) is 20.5 Å². The molecule has 0 aliphatic rings. The number of aryl methyl sites for hydroxylation is 1. The molecule has 1 atom stereocenters. The summed E-state index contributed by atoms with van der Waals surface area (Å²) in [7, 11) is 0. The van der Waals surface area contributed by atoms with Crippen LogP contribution in [0.25, 0.3) is 0 Å². The fraction of sp³-hybridized carbons (Fsp3) is 0.308. The van der Waals surface area contributed by atoms with Gasteiger partial charge in [0.2, 0.25) is 11.1 Å². The number of aromatic nitrogens is 3. The first-order chi connectivity index (χ1) is 9.19. The Hall–Kier alpha value is -1.82. The molecule has 1 unspecified atom stereocenters. The maximum atomic E-state index is 12.2. The highest BCUT2D eigenvalue weighted by Crippen LogP contribution is 2.23. The number of H-pyrrole nitrogens is 1. The first-order valence-corrected chi connectivity index (χ1v) is 6.98. The monoisotopic (exact) mass is 276 g/mol. The van der Waals surface area contributed by atoms with Crippen LogP contribution < -0.4 is 5.32 Å². The summed E-state index contributed by atoms with van der Waals surface area (Å²) in [5.41, 5.74) is 0.803. The molecule has 0 fully saturated rings. The lowest BCUT2D eigenvalue weighted by atomic mass is 10.3. The number of para-hydroxylation sites is 1. The van der Waals surface area contributed by atoms with Gasteiger partial charge in [0.15, 0.2) is 0 Å². The Balaban J connectivity index is 1.99. The smallest absolute Gasteiger partial charge is 0.237 e. The number of benzene rings is 1. The number of nitrogens with zero attached hydrogens (tertiary/aromatic N) is 2. The van der Waals surface area contributed by atoms with E-state index in [0.29, 0.717) is 5.16 Å². The number of carbonyl (C=O) groups is 1. The average Bonchev–Trinajstić information content (AvgIpc) is 2.82. The fourth-order valence-electron chi connectivity index (χ4n) is 1.57. The molecule has 0 aliphatic heterocycles. The second kappa shape index (κ2) is 6.38. The molecule has 1 aromatic heterocycles. The molecule has 2 N–H and O–H groups in total. The highest BCUT2D eigenvalue weighted by atomic mass is 32.2. The van der Waals surface area contributed by atoms with Crippen LogP contribution >= 0.6 is 11.8 Å². The van der Waals surface area contributed by atoms with E-state index in [0.717, 1.165) is 17.9 Å². The zero-order valence-corrected chi connectivity index (χ0v) is 11.7. The first kappa shape index (κ1) is 13.6. The molecule has 5 nitrogen and oxygen atoms in total. The van der Waals surface area contributed by atoms with Gasteiger partial charge in [0.05, 0.1) is 5.25 Å². The third-order valence-electron chi connectivity index (χ3n) is 2.53. The number of nitrogens with one attached hydrogen (secondary N) is 2. The molecule has 1 aromatic carbocycles. The van der Waals surface area contributed by atoms with Crippen LogP contribution in [0.5, 0.6) is 0 Å². The summed E-state index contributed by atoms with van der Waals surface area (Å²) in [6, 6.07) is 9.43. The maximum absolute atomic E-state index is 12.2. The van der Waals surface area contributed by atoms with Crippen molar-refractivity contribution < 1.29 is 4.79 Å². The Morgan fingerprint density at radius 1 is 1.42 bits per heavy atom. The SMILES string of the molecule is CCC(Sc1n[nH]c(C)n1)C(=O)Nc1ccccc1. The summed E-state index contributed by atoms with van der Waals surface area (Å²) in [4.78, 5) is 16.4. The van der Waals surface area contributed by atoms with Crippen LogP contribution in [0.1, 0.15) is 19.2 Å². The van der Waals surface area contributed by atoms with E-state index in [1.165, 1.54) is 11.8 Å². The summed E-state index contributed by atoms with van der Waals surface area (Å²) in [5.74, 6) is 0.724. The average molecular weight is 276 g/mol. The highest BCUT2D eigenvalue weighted by Gasteiger charge is 2.19. The van der Waals surface area contributed by atoms with E-state index < -0.39 is 0 Å². The second-order valence-electron chi connectivity index (χ2n) is 4.07. The standard InChI is InChI=1S/C13H16N4OS/c1-3-11(19-13-14-9(2)16-17-13)12(18)15-10-7-5-4-6-8-10/h4-8,11H,3H2,1-2H3,(H,15,18)(H,14,16,17). The Morgan fingerprint density at radius 3 is 2.74 bits per heavy atom. The number of hydrogen-bond donors (Lipinski definition) is 2. The Labute approximate surface area is 116 Å². The number of hydrogen-bond acceptors (Lipinski definition) is 4. The van der Waals surface area contributed by atoms with Crippen LogP contribution in [0.15, 0.2) is 35.5 Å². The van der Waals surface area contributed by atoms with Crippen LogP contribution in [0.2, 0.25) is 0 Å². The lowest BCUT2D eigenvalue weighted by Crippen LogP contribution is -2.24. The van der Waals surface area contributed by atoms with Crippen LogP contribution in [0.3, 0.4) is 0 Å². The van der Waals surface area contributed by atoms with Gasteiger partial charge in [-0.05, 0) is 25.5 Å². The summed E-state index contributed by atoms with van der Waals surface area (Å²) in [6.07, 6.45) is 0.719. The predicted octanol–water partition coefficient (Wildman–Crippen LogP) is 2.62. The number of anilines is 1. The molecule has 0 bridgehead atoms. The minimum atomic E-state index is -0.199. The molecular formula is C13H16N4OS. The van der Waals surface area contributed by atoms with Crippen LogP contribution in [0, 0.1) is 6.92 Å². The summed E-state index contributed by atoms with van der Waals surface area (Å²) >= 11 is 1.37. The minimum absolute atomic E-state index is 0.0267. The van der Waals surface area contributed by atoms with E-state index in [1.807, 2.05) is 44.2 Å². The predicted molar refractivity (Wildman–Crippen MR) is 76.1 cm³/mol. The molecule has 0 radical (unpaired) electrons. The fourth-order valence-corrected chi connectivity index (χ4v) is 2.44. The van der Waals surface area contributed by atoms with Gasteiger partial charge in [0.1, 0.15) is 5.82 Å². The van der Waals surface area contributed by atoms with Gasteiger partial charge in [-0.25, -0.2) is 4.98 Å². The van der Waals surface area contributed by atoms with Crippen molar-refractivity contribution in [3.05, 3.63) is 36.2 Å². The van der Waals surface area contributed by atoms with Crippen molar-refractivity contribution in [2.45, 2.75) is 30.7 Å². The van der Waals surface area contributed by atoms with Gasteiger partial charge in [0.25, 0.3) is 0 Å². The summed E-state index contributed by atoms with van der Waals surface area (Å²) in [6.45, 7) is 3.81. The molecule has 1 heterocycles. The molecule has 2 rings (SSSR count). The van der Waals surface area contributed by atoms with E-state index >= 15 is 0 Å². The van der Waals surface area contributed by atoms with Gasteiger partial charge in [-0.15, -0.1) is 5.10 Å². The molecule has 0 saturated carbocycles. The first-order valence-electron chi connectivity index (χ1n) is 6.10. The Kier molecular flexibility index (Phi) is 4.57. The van der Waals surface area contributed by atoms with Gasteiger partial charge in [-0.2, -0.15) is 0 Å². The normalized spacial score (nSPS) is 12.1.